The van der Waals surface area contributed by atoms with Crippen molar-refractivity contribution in [3.8, 4) is 23.5 Å². The quantitative estimate of drug-likeness (QED) is 0.774. The van der Waals surface area contributed by atoms with Crippen molar-refractivity contribution in [2.24, 2.45) is 0 Å². The lowest BCUT2D eigenvalue weighted by Gasteiger charge is -2.04. The highest BCUT2D eigenvalue weighted by atomic mass is 32.2. The van der Waals surface area contributed by atoms with Crippen molar-refractivity contribution in [2.45, 2.75) is 4.90 Å². The summed E-state index contributed by atoms with van der Waals surface area (Å²) in [6, 6.07) is 14.3. The van der Waals surface area contributed by atoms with Crippen molar-refractivity contribution in [2.75, 3.05) is 6.26 Å². The summed E-state index contributed by atoms with van der Waals surface area (Å²) in [4.78, 5) is 0.320. The third-order valence-electron chi connectivity index (χ3n) is 2.65. The largest absolute Gasteiger partial charge is 0.224 e. The average Bonchev–Trinajstić information content (AvgIpc) is 2.38. The summed E-state index contributed by atoms with van der Waals surface area (Å²) in [5, 5.41) is 0. The monoisotopic (exact) mass is 256 g/mol. The highest BCUT2D eigenvalue weighted by molar-refractivity contribution is 7.90. The molecule has 90 valence electrons. The van der Waals surface area contributed by atoms with Crippen LogP contribution in [0.15, 0.2) is 53.4 Å². The van der Waals surface area contributed by atoms with Crippen LogP contribution in [0.2, 0.25) is 0 Å². The molecule has 0 heterocycles. The van der Waals surface area contributed by atoms with Crippen LogP contribution in [0.1, 0.15) is 5.56 Å². The molecule has 0 fully saturated rings. The summed E-state index contributed by atoms with van der Waals surface area (Å²) in [5.41, 5.74) is 2.61. The Hall–Kier alpha value is -2.05. The van der Waals surface area contributed by atoms with Gasteiger partial charge in [-0.15, -0.1) is 6.42 Å². The van der Waals surface area contributed by atoms with E-state index >= 15 is 0 Å². The summed E-state index contributed by atoms with van der Waals surface area (Å²) in [5.74, 6) is 2.55. The van der Waals surface area contributed by atoms with Gasteiger partial charge in [-0.3, -0.25) is 0 Å². The first-order valence-corrected chi connectivity index (χ1v) is 7.27. The molecule has 2 rings (SSSR count). The maximum Gasteiger partial charge on any atom is 0.175 e. The van der Waals surface area contributed by atoms with Gasteiger partial charge in [-0.05, 0) is 35.4 Å². The summed E-state index contributed by atoms with van der Waals surface area (Å²) in [6.45, 7) is 0. The second-order valence-electron chi connectivity index (χ2n) is 4.02. The van der Waals surface area contributed by atoms with E-state index in [9.17, 15) is 8.42 Å². The van der Waals surface area contributed by atoms with Gasteiger partial charge >= 0.3 is 0 Å². The van der Waals surface area contributed by atoms with Crippen molar-refractivity contribution in [1.29, 1.82) is 0 Å². The van der Waals surface area contributed by atoms with Crippen molar-refractivity contribution in [3.05, 3.63) is 54.1 Å². The molecule has 0 saturated heterocycles. The van der Waals surface area contributed by atoms with E-state index in [0.29, 0.717) is 4.90 Å². The highest BCUT2D eigenvalue weighted by Gasteiger charge is 2.07. The van der Waals surface area contributed by atoms with Crippen LogP contribution >= 0.6 is 0 Å². The minimum absolute atomic E-state index is 0.320. The zero-order chi connectivity index (χ0) is 13.2. The van der Waals surface area contributed by atoms with E-state index in [-0.39, 0.29) is 0 Å². The number of hydrogen-bond acceptors (Lipinski definition) is 2. The van der Waals surface area contributed by atoms with Crippen LogP contribution in [0.5, 0.6) is 0 Å². The third kappa shape index (κ3) is 2.61. The van der Waals surface area contributed by atoms with Crippen LogP contribution < -0.4 is 0 Å². The van der Waals surface area contributed by atoms with Crippen LogP contribution in [-0.2, 0) is 9.84 Å². The minimum Gasteiger partial charge on any atom is -0.224 e. The molecule has 0 aliphatic rings. The van der Waals surface area contributed by atoms with Crippen molar-refractivity contribution in [3.63, 3.8) is 0 Å². The Morgan fingerprint density at radius 3 is 2.22 bits per heavy atom. The van der Waals surface area contributed by atoms with Crippen LogP contribution in [0.4, 0.5) is 0 Å². The van der Waals surface area contributed by atoms with E-state index in [2.05, 4.69) is 5.92 Å². The molecule has 2 nitrogen and oxygen atoms in total. The molecule has 2 aromatic rings. The van der Waals surface area contributed by atoms with E-state index < -0.39 is 9.84 Å². The fourth-order valence-corrected chi connectivity index (χ4v) is 2.33. The zero-order valence-corrected chi connectivity index (χ0v) is 10.7. The lowest BCUT2D eigenvalue weighted by Crippen LogP contribution is -1.96. The summed E-state index contributed by atoms with van der Waals surface area (Å²) in [6.07, 6.45) is 6.49. The lowest BCUT2D eigenvalue weighted by molar-refractivity contribution is 0.602. The van der Waals surface area contributed by atoms with Crippen LogP contribution in [0.25, 0.3) is 11.1 Å². The van der Waals surface area contributed by atoms with E-state index in [1.54, 1.807) is 18.2 Å². The Morgan fingerprint density at radius 2 is 1.67 bits per heavy atom. The predicted molar refractivity (Wildman–Crippen MR) is 72.9 cm³/mol. The van der Waals surface area contributed by atoms with Crippen LogP contribution in [-0.4, -0.2) is 14.7 Å². The van der Waals surface area contributed by atoms with Gasteiger partial charge in [-0.2, -0.15) is 0 Å². The molecule has 0 aliphatic carbocycles. The SMILES string of the molecule is C#Cc1ccc(-c2cccc(S(C)(=O)=O)c2)cc1. The molecule has 0 saturated carbocycles. The molecular weight excluding hydrogens is 244 g/mol. The van der Waals surface area contributed by atoms with E-state index in [1.165, 1.54) is 6.26 Å². The van der Waals surface area contributed by atoms with Gasteiger partial charge in [0.1, 0.15) is 0 Å². The predicted octanol–water partition coefficient (Wildman–Crippen LogP) is 2.74. The first-order valence-electron chi connectivity index (χ1n) is 5.38. The number of sulfone groups is 1. The van der Waals surface area contributed by atoms with Gasteiger partial charge < -0.3 is 0 Å². The minimum atomic E-state index is -3.18. The topological polar surface area (TPSA) is 34.1 Å². The van der Waals surface area contributed by atoms with E-state index in [1.807, 2.05) is 30.3 Å². The maximum atomic E-state index is 11.5. The smallest absolute Gasteiger partial charge is 0.175 e. The lowest BCUT2D eigenvalue weighted by atomic mass is 10.0. The Labute approximate surface area is 107 Å². The third-order valence-corrected chi connectivity index (χ3v) is 3.76. The molecule has 0 aromatic heterocycles. The Balaban J connectivity index is 2.48. The van der Waals surface area contributed by atoms with Gasteiger partial charge in [-0.1, -0.05) is 30.2 Å². The molecule has 0 aliphatic heterocycles. The van der Waals surface area contributed by atoms with Crippen molar-refractivity contribution >= 4 is 9.84 Å². The van der Waals surface area contributed by atoms with Gasteiger partial charge in [-0.25, -0.2) is 8.42 Å². The molecule has 0 bridgehead atoms. The van der Waals surface area contributed by atoms with Gasteiger partial charge in [0.05, 0.1) is 4.90 Å². The molecule has 2 aromatic carbocycles. The normalized spacial score (nSPS) is 10.9. The molecule has 0 unspecified atom stereocenters. The summed E-state index contributed by atoms with van der Waals surface area (Å²) < 4.78 is 23.0. The molecule has 0 N–H and O–H groups in total. The average molecular weight is 256 g/mol. The molecule has 0 radical (unpaired) electrons. The van der Waals surface area contributed by atoms with Crippen LogP contribution in [0.3, 0.4) is 0 Å². The van der Waals surface area contributed by atoms with Gasteiger partial charge in [0, 0.05) is 11.8 Å². The Bertz CT molecular complexity index is 705. The first kappa shape index (κ1) is 12.4. The fraction of sp³-hybridized carbons (Fsp3) is 0.0667. The molecule has 0 atom stereocenters. The van der Waals surface area contributed by atoms with Crippen LogP contribution in [0, 0.1) is 12.3 Å². The van der Waals surface area contributed by atoms with E-state index in [4.69, 9.17) is 6.42 Å². The fourth-order valence-electron chi connectivity index (χ4n) is 1.67. The zero-order valence-electron chi connectivity index (χ0n) is 9.92. The first-order chi connectivity index (χ1) is 8.50. The molecule has 3 heteroatoms. The number of hydrogen-bond donors (Lipinski definition) is 0. The molecule has 18 heavy (non-hydrogen) atoms. The van der Waals surface area contributed by atoms with E-state index in [0.717, 1.165) is 16.7 Å². The van der Waals surface area contributed by atoms with Crippen molar-refractivity contribution < 1.29 is 8.42 Å². The number of terminal acetylenes is 1. The van der Waals surface area contributed by atoms with Gasteiger partial charge in [0.2, 0.25) is 0 Å². The summed E-state index contributed by atoms with van der Waals surface area (Å²) in [7, 11) is -3.18. The standard InChI is InChI=1S/C15H12O2S/c1-3-12-7-9-13(10-8-12)14-5-4-6-15(11-14)18(2,16)17/h1,4-11H,2H3. The second-order valence-corrected chi connectivity index (χ2v) is 6.04. The molecular formula is C15H12O2S. The number of rotatable bonds is 2. The van der Waals surface area contributed by atoms with Crippen molar-refractivity contribution in [1.82, 2.24) is 0 Å². The number of benzene rings is 2. The Kier molecular flexibility index (Phi) is 3.22. The Morgan fingerprint density at radius 1 is 1.00 bits per heavy atom. The second kappa shape index (κ2) is 4.67. The molecule has 0 spiro atoms. The summed E-state index contributed by atoms with van der Waals surface area (Å²) >= 11 is 0. The van der Waals surface area contributed by atoms with Gasteiger partial charge in [0.25, 0.3) is 0 Å². The van der Waals surface area contributed by atoms with Gasteiger partial charge in [0.15, 0.2) is 9.84 Å². The molecule has 0 amide bonds. The highest BCUT2D eigenvalue weighted by Crippen LogP contribution is 2.22. The maximum absolute atomic E-state index is 11.5.